The van der Waals surface area contributed by atoms with Crippen molar-refractivity contribution in [1.29, 1.82) is 0 Å². The highest BCUT2D eigenvalue weighted by Gasteiger charge is 2.44. The summed E-state index contributed by atoms with van der Waals surface area (Å²) in [6.07, 6.45) is 3.33. The summed E-state index contributed by atoms with van der Waals surface area (Å²) in [5.41, 5.74) is 3.72. The highest BCUT2D eigenvalue weighted by Crippen LogP contribution is 2.43. The van der Waals surface area contributed by atoms with Gasteiger partial charge in [0.1, 0.15) is 12.2 Å². The van der Waals surface area contributed by atoms with Gasteiger partial charge >= 0.3 is 5.97 Å². The van der Waals surface area contributed by atoms with Gasteiger partial charge in [0.25, 0.3) is 5.91 Å². The lowest BCUT2D eigenvalue weighted by Gasteiger charge is -2.26. The van der Waals surface area contributed by atoms with Gasteiger partial charge in [-0.15, -0.1) is 0 Å². The third kappa shape index (κ3) is 5.65. The molecule has 0 bridgehead atoms. The number of rotatable bonds is 11. The number of amides is 1. The number of fused-ring (bicyclic) bond motifs is 2. The van der Waals surface area contributed by atoms with Crippen molar-refractivity contribution in [2.75, 3.05) is 24.7 Å². The topological polar surface area (TPSA) is 95.3 Å². The fourth-order valence-electron chi connectivity index (χ4n) is 5.19. The molecule has 1 aromatic heterocycles. The largest absolute Gasteiger partial charge is 0.490 e. The molecule has 1 aliphatic heterocycles. The van der Waals surface area contributed by atoms with Gasteiger partial charge in [0.15, 0.2) is 16.9 Å². The Morgan fingerprint density at radius 1 is 0.977 bits per heavy atom. The van der Waals surface area contributed by atoms with Gasteiger partial charge in [-0.2, -0.15) is 0 Å². The zero-order valence-electron chi connectivity index (χ0n) is 24.9. The smallest absolute Gasteiger partial charge is 0.338 e. The first-order valence-corrected chi connectivity index (χ1v) is 14.5. The highest BCUT2D eigenvalue weighted by molar-refractivity contribution is 6.11. The van der Waals surface area contributed by atoms with Crippen LogP contribution in [-0.2, 0) is 4.74 Å². The van der Waals surface area contributed by atoms with Gasteiger partial charge in [-0.25, -0.2) is 4.79 Å². The molecule has 5 rings (SSSR count). The van der Waals surface area contributed by atoms with Crippen LogP contribution in [-0.4, -0.2) is 31.7 Å². The van der Waals surface area contributed by atoms with Gasteiger partial charge in [0.2, 0.25) is 5.76 Å². The minimum absolute atomic E-state index is 0.0150. The molecule has 1 aliphatic rings. The van der Waals surface area contributed by atoms with Gasteiger partial charge in [0, 0.05) is 5.69 Å². The number of carbonyl (C=O) groups excluding carboxylic acids is 2. The van der Waals surface area contributed by atoms with E-state index in [1.807, 2.05) is 33.8 Å². The molecule has 0 aliphatic carbocycles. The molecule has 1 amide bonds. The van der Waals surface area contributed by atoms with E-state index in [1.165, 1.54) is 4.90 Å². The molecule has 8 heteroatoms. The zero-order chi connectivity index (χ0) is 30.7. The van der Waals surface area contributed by atoms with E-state index in [9.17, 15) is 14.4 Å². The summed E-state index contributed by atoms with van der Waals surface area (Å²) in [7, 11) is 0. The molecule has 2 heterocycles. The van der Waals surface area contributed by atoms with Crippen LogP contribution >= 0.6 is 0 Å². The summed E-state index contributed by atoms with van der Waals surface area (Å²) in [5, 5.41) is 0.405. The number of hydrogen-bond donors (Lipinski definition) is 0. The minimum Gasteiger partial charge on any atom is -0.490 e. The Kier molecular flexibility index (Phi) is 8.66. The number of esters is 1. The Morgan fingerprint density at radius 3 is 2.42 bits per heavy atom. The van der Waals surface area contributed by atoms with E-state index in [0.717, 1.165) is 24.0 Å². The maximum Gasteiger partial charge on any atom is 0.338 e. The van der Waals surface area contributed by atoms with Gasteiger partial charge in [-0.3, -0.25) is 14.5 Å². The Labute approximate surface area is 250 Å². The fourth-order valence-corrected chi connectivity index (χ4v) is 5.19. The normalized spacial score (nSPS) is 14.1. The average Bonchev–Trinajstić information content (AvgIpc) is 3.30. The van der Waals surface area contributed by atoms with E-state index in [1.54, 1.807) is 54.6 Å². The van der Waals surface area contributed by atoms with E-state index >= 15 is 0 Å². The van der Waals surface area contributed by atoms with E-state index in [2.05, 4.69) is 6.58 Å². The summed E-state index contributed by atoms with van der Waals surface area (Å²) < 4.78 is 23.2. The lowest BCUT2D eigenvalue weighted by atomic mass is 9.96. The van der Waals surface area contributed by atoms with E-state index in [-0.39, 0.29) is 23.4 Å². The van der Waals surface area contributed by atoms with Crippen molar-refractivity contribution in [2.24, 2.45) is 0 Å². The predicted molar refractivity (Wildman–Crippen MR) is 166 cm³/mol. The number of ether oxygens (including phenoxy) is 3. The van der Waals surface area contributed by atoms with Crippen LogP contribution in [0.4, 0.5) is 5.69 Å². The van der Waals surface area contributed by atoms with Crippen LogP contribution in [0.3, 0.4) is 0 Å². The number of anilines is 1. The quantitative estimate of drug-likeness (QED) is 0.106. The molecule has 0 radical (unpaired) electrons. The van der Waals surface area contributed by atoms with Gasteiger partial charge < -0.3 is 18.6 Å². The molecular weight excluding hydrogens is 546 g/mol. The third-order valence-electron chi connectivity index (χ3n) is 7.54. The van der Waals surface area contributed by atoms with Crippen molar-refractivity contribution in [2.45, 2.75) is 46.6 Å². The lowest BCUT2D eigenvalue weighted by Crippen LogP contribution is -2.29. The van der Waals surface area contributed by atoms with Gasteiger partial charge in [-0.1, -0.05) is 32.1 Å². The number of aryl methyl sites for hydroxylation is 2. The molecule has 0 N–H and O–H groups in total. The lowest BCUT2D eigenvalue weighted by molar-refractivity contribution is 0.0499. The Balaban J connectivity index is 1.66. The predicted octanol–water partition coefficient (Wildman–Crippen LogP) is 7.08. The Hall–Kier alpha value is -4.85. The number of unbranched alkanes of at least 4 members (excludes halogenated alkanes) is 1. The molecule has 3 aromatic carbocycles. The molecule has 222 valence electrons. The van der Waals surface area contributed by atoms with Crippen molar-refractivity contribution >= 4 is 28.5 Å². The van der Waals surface area contributed by atoms with Gasteiger partial charge in [0.05, 0.1) is 35.8 Å². The van der Waals surface area contributed by atoms with Crippen LogP contribution in [0.2, 0.25) is 0 Å². The maximum atomic E-state index is 14.1. The Morgan fingerprint density at radius 2 is 1.72 bits per heavy atom. The van der Waals surface area contributed by atoms with Gasteiger partial charge in [-0.05, 0) is 92.4 Å². The highest BCUT2D eigenvalue weighted by atomic mass is 16.5. The second-order valence-electron chi connectivity index (χ2n) is 10.5. The van der Waals surface area contributed by atoms with Crippen LogP contribution in [0, 0.1) is 13.8 Å². The third-order valence-corrected chi connectivity index (χ3v) is 7.54. The van der Waals surface area contributed by atoms with Crippen molar-refractivity contribution in [3.05, 3.63) is 111 Å². The zero-order valence-corrected chi connectivity index (χ0v) is 24.9. The van der Waals surface area contributed by atoms with E-state index in [4.69, 9.17) is 18.6 Å². The maximum absolute atomic E-state index is 14.1. The summed E-state index contributed by atoms with van der Waals surface area (Å²) >= 11 is 0. The van der Waals surface area contributed by atoms with Crippen molar-refractivity contribution < 1.29 is 28.2 Å². The first-order chi connectivity index (χ1) is 20.8. The molecule has 1 unspecified atom stereocenters. The minimum atomic E-state index is -0.820. The molecule has 1 atom stereocenters. The number of hydrogen-bond acceptors (Lipinski definition) is 7. The SMILES string of the molecule is C=CCOc1ccc(C2c3c(oc4cc(C)c(C)cc4c3=O)C(=O)N2c2ccc(C(=O)OCCCC)cc2)cc1OCC. The summed E-state index contributed by atoms with van der Waals surface area (Å²) in [6, 6.07) is 14.7. The van der Waals surface area contributed by atoms with E-state index < -0.39 is 17.9 Å². The van der Waals surface area contributed by atoms with Crippen LogP contribution < -0.4 is 19.8 Å². The van der Waals surface area contributed by atoms with Crippen molar-refractivity contribution in [3.8, 4) is 11.5 Å². The average molecular weight is 582 g/mol. The number of carbonyl (C=O) groups is 2. The molecule has 8 nitrogen and oxygen atoms in total. The second kappa shape index (κ2) is 12.6. The van der Waals surface area contributed by atoms with Crippen LogP contribution in [0.15, 0.2) is 76.5 Å². The Bertz CT molecular complexity index is 1750. The van der Waals surface area contributed by atoms with E-state index in [0.29, 0.717) is 52.5 Å². The first kappa shape index (κ1) is 29.6. The number of nitrogens with zero attached hydrogens (tertiary/aromatic N) is 1. The molecule has 0 saturated carbocycles. The monoisotopic (exact) mass is 581 g/mol. The molecule has 0 fully saturated rings. The molecular formula is C35H35NO7. The standard InChI is InChI=1S/C35H35NO7/c1-6-9-17-42-35(39)23-10-13-25(14-11-23)36-31(24-12-15-27(41-16-7-2)29(20-24)40-8-3)30-32(37)26-18-21(4)22(5)19-28(26)43-33(30)34(36)38/h7,10-15,18-20,31H,2,6,8-9,16-17H2,1,3-5H3. The van der Waals surface area contributed by atoms with Crippen molar-refractivity contribution in [1.82, 2.24) is 0 Å². The summed E-state index contributed by atoms with van der Waals surface area (Å²) in [4.78, 5) is 42.2. The molecule has 0 saturated heterocycles. The summed E-state index contributed by atoms with van der Waals surface area (Å²) in [6.45, 7) is 12.5. The molecule has 43 heavy (non-hydrogen) atoms. The van der Waals surface area contributed by atoms with Crippen LogP contribution in [0.25, 0.3) is 11.0 Å². The van der Waals surface area contributed by atoms with Crippen molar-refractivity contribution in [3.63, 3.8) is 0 Å². The van der Waals surface area contributed by atoms with Crippen LogP contribution in [0.1, 0.15) is 75.9 Å². The van der Waals surface area contributed by atoms with Crippen LogP contribution in [0.5, 0.6) is 11.5 Å². The molecule has 4 aromatic rings. The fraction of sp³-hybridized carbons (Fsp3) is 0.286. The number of benzene rings is 3. The first-order valence-electron chi connectivity index (χ1n) is 14.5. The summed E-state index contributed by atoms with van der Waals surface area (Å²) in [5.74, 6) is 0.0887. The second-order valence-corrected chi connectivity index (χ2v) is 10.5. The molecule has 0 spiro atoms.